The van der Waals surface area contributed by atoms with E-state index in [1.807, 2.05) is 30.3 Å². The number of nitrogens with one attached hydrogen (secondary N) is 3. The van der Waals surface area contributed by atoms with Gasteiger partial charge < -0.3 is 25.9 Å². The normalized spacial score (nSPS) is 12.2. The second-order valence-corrected chi connectivity index (χ2v) is 8.47. The predicted molar refractivity (Wildman–Crippen MR) is 118 cm³/mol. The van der Waals surface area contributed by atoms with Crippen LogP contribution in [0.4, 0.5) is 5.69 Å². The van der Waals surface area contributed by atoms with Gasteiger partial charge in [0.15, 0.2) is 5.11 Å². The molecule has 0 spiro atoms. The summed E-state index contributed by atoms with van der Waals surface area (Å²) in [6.45, 7) is 0. The third-order valence-corrected chi connectivity index (χ3v) is 4.35. The van der Waals surface area contributed by atoms with E-state index in [1.165, 1.54) is 24.3 Å². The quantitative estimate of drug-likeness (QED) is 0.260. The molecule has 0 radical (unpaired) electrons. The fourth-order valence-corrected chi connectivity index (χ4v) is 2.71. The molecule has 2 rings (SSSR count). The van der Waals surface area contributed by atoms with Crippen molar-refractivity contribution in [2.75, 3.05) is 5.32 Å². The molecule has 10 heteroatoms. The third kappa shape index (κ3) is 7.91. The lowest BCUT2D eigenvalue weighted by Crippen LogP contribution is -2.55. The summed E-state index contributed by atoms with van der Waals surface area (Å²) < 4.78 is -1.92. The molecule has 2 aromatic carbocycles. The number of hydrogen-bond donors (Lipinski definition) is 3. The zero-order valence-corrected chi connectivity index (χ0v) is 17.8. The molecule has 0 saturated carbocycles. The Hall–Kier alpha value is -2.32. The average Bonchev–Trinajstić information content (AvgIpc) is 2.66. The number of alkyl halides is 3. The molecule has 29 heavy (non-hydrogen) atoms. The standard InChI is InChI=1S/C19H16Cl3N3O3S/c20-19(21,22)17(24-15(26)10-9-12-5-2-1-3-6-12)25-18(29)23-14-8-4-7-13(11-14)16(27)28/h1-11,17H,(H,24,26)(H,27,28)(H2,23,25,29)/p-1/b10-9+/t17-/m0/s1. The lowest BCUT2D eigenvalue weighted by molar-refractivity contribution is -0.255. The van der Waals surface area contributed by atoms with Gasteiger partial charge in [0, 0.05) is 11.8 Å². The van der Waals surface area contributed by atoms with Crippen molar-refractivity contribution in [3.63, 3.8) is 0 Å². The third-order valence-electron chi connectivity index (χ3n) is 3.47. The topological polar surface area (TPSA) is 93.3 Å². The summed E-state index contributed by atoms with van der Waals surface area (Å²) in [6, 6.07) is 15.0. The molecule has 152 valence electrons. The van der Waals surface area contributed by atoms with Crippen molar-refractivity contribution in [3.8, 4) is 0 Å². The first-order valence-electron chi connectivity index (χ1n) is 8.14. The van der Waals surface area contributed by atoms with Crippen LogP contribution in [0, 0.1) is 0 Å². The molecular formula is C19H15Cl3N3O3S-. The minimum absolute atomic E-state index is 0.00385. The molecule has 0 aliphatic rings. The molecule has 0 heterocycles. The second-order valence-electron chi connectivity index (χ2n) is 5.69. The Morgan fingerprint density at radius 3 is 2.34 bits per heavy atom. The largest absolute Gasteiger partial charge is 0.545 e. The Kier molecular flexibility index (Phi) is 8.28. The fraction of sp³-hybridized carbons (Fsp3) is 0.105. The first kappa shape index (κ1) is 23.0. The Balaban J connectivity index is 2.02. The van der Waals surface area contributed by atoms with Crippen molar-refractivity contribution >= 4 is 75.8 Å². The summed E-state index contributed by atoms with van der Waals surface area (Å²) in [7, 11) is 0. The van der Waals surface area contributed by atoms with E-state index in [4.69, 9.17) is 47.0 Å². The number of carbonyl (C=O) groups is 2. The molecule has 2 aromatic rings. The first-order chi connectivity index (χ1) is 13.6. The lowest BCUT2D eigenvalue weighted by Gasteiger charge is -2.27. The number of aromatic carboxylic acids is 1. The van der Waals surface area contributed by atoms with E-state index >= 15 is 0 Å². The Bertz CT molecular complexity index is 918. The number of anilines is 1. The maximum atomic E-state index is 12.2. The number of carbonyl (C=O) groups excluding carboxylic acids is 2. The van der Waals surface area contributed by atoms with Crippen molar-refractivity contribution in [2.45, 2.75) is 9.96 Å². The van der Waals surface area contributed by atoms with Gasteiger partial charge in [-0.05, 0) is 41.6 Å². The number of benzene rings is 2. The molecule has 0 bridgehead atoms. The number of carboxylic acids is 1. The van der Waals surface area contributed by atoms with Crippen LogP contribution in [-0.2, 0) is 4.79 Å². The van der Waals surface area contributed by atoms with Crippen LogP contribution in [0.5, 0.6) is 0 Å². The highest BCUT2D eigenvalue weighted by Gasteiger charge is 2.34. The van der Waals surface area contributed by atoms with E-state index in [2.05, 4.69) is 16.0 Å². The minimum Gasteiger partial charge on any atom is -0.545 e. The van der Waals surface area contributed by atoms with Crippen LogP contribution in [0.15, 0.2) is 60.7 Å². The maximum absolute atomic E-state index is 12.2. The number of rotatable bonds is 6. The van der Waals surface area contributed by atoms with Crippen molar-refractivity contribution < 1.29 is 14.7 Å². The predicted octanol–water partition coefficient (Wildman–Crippen LogP) is 2.86. The van der Waals surface area contributed by atoms with E-state index in [1.54, 1.807) is 12.1 Å². The van der Waals surface area contributed by atoms with Gasteiger partial charge in [0.25, 0.3) is 0 Å². The summed E-state index contributed by atoms with van der Waals surface area (Å²) in [5, 5.41) is 18.9. The maximum Gasteiger partial charge on any atom is 0.245 e. The number of carboxylic acid groups (broad SMARTS) is 1. The minimum atomic E-state index is -1.92. The summed E-state index contributed by atoms with van der Waals surface area (Å²) in [4.78, 5) is 23.1. The van der Waals surface area contributed by atoms with Crippen molar-refractivity contribution in [2.24, 2.45) is 0 Å². The zero-order valence-electron chi connectivity index (χ0n) is 14.7. The molecule has 0 fully saturated rings. The van der Waals surface area contributed by atoms with Crippen LogP contribution in [0.25, 0.3) is 6.08 Å². The molecule has 3 N–H and O–H groups in total. The van der Waals surface area contributed by atoms with Gasteiger partial charge in [-0.1, -0.05) is 77.3 Å². The lowest BCUT2D eigenvalue weighted by atomic mass is 10.2. The second kappa shape index (κ2) is 10.5. The summed E-state index contributed by atoms with van der Waals surface area (Å²) in [6.07, 6.45) is 1.73. The molecule has 0 unspecified atom stereocenters. The molecule has 0 saturated heterocycles. The summed E-state index contributed by atoms with van der Waals surface area (Å²) in [5.74, 6) is -1.84. The summed E-state index contributed by atoms with van der Waals surface area (Å²) in [5.41, 5.74) is 1.17. The van der Waals surface area contributed by atoms with E-state index in [0.29, 0.717) is 5.69 Å². The van der Waals surface area contributed by atoms with Crippen LogP contribution in [0.2, 0.25) is 0 Å². The van der Waals surface area contributed by atoms with E-state index < -0.39 is 21.8 Å². The number of amides is 1. The number of thiocarbonyl (C=S) groups is 1. The molecule has 1 atom stereocenters. The Morgan fingerprint density at radius 1 is 1.03 bits per heavy atom. The van der Waals surface area contributed by atoms with Gasteiger partial charge in [0.05, 0.1) is 5.97 Å². The Morgan fingerprint density at radius 2 is 1.72 bits per heavy atom. The van der Waals surface area contributed by atoms with Gasteiger partial charge in [-0.2, -0.15) is 0 Å². The number of hydrogen-bond acceptors (Lipinski definition) is 4. The van der Waals surface area contributed by atoms with Crippen LogP contribution in [0.1, 0.15) is 15.9 Å². The van der Waals surface area contributed by atoms with Gasteiger partial charge in [0.1, 0.15) is 6.17 Å². The van der Waals surface area contributed by atoms with Crippen LogP contribution >= 0.6 is 47.0 Å². The smallest absolute Gasteiger partial charge is 0.245 e. The highest BCUT2D eigenvalue weighted by Crippen LogP contribution is 2.29. The molecule has 6 nitrogen and oxygen atoms in total. The average molecular weight is 472 g/mol. The van der Waals surface area contributed by atoms with Crippen molar-refractivity contribution in [1.82, 2.24) is 10.6 Å². The molecule has 1 amide bonds. The van der Waals surface area contributed by atoms with Gasteiger partial charge in [-0.25, -0.2) is 0 Å². The van der Waals surface area contributed by atoms with E-state index in [9.17, 15) is 14.7 Å². The zero-order chi connectivity index (χ0) is 21.4. The molecule has 0 aliphatic carbocycles. The van der Waals surface area contributed by atoms with E-state index in [0.717, 1.165) is 5.56 Å². The Labute approximate surface area is 187 Å². The monoisotopic (exact) mass is 470 g/mol. The van der Waals surface area contributed by atoms with Crippen LogP contribution in [-0.4, -0.2) is 26.9 Å². The molecular weight excluding hydrogens is 457 g/mol. The summed E-state index contributed by atoms with van der Waals surface area (Å²) >= 11 is 22.9. The number of halogens is 3. The molecule has 0 aliphatic heterocycles. The first-order valence-corrected chi connectivity index (χ1v) is 9.68. The SMILES string of the molecule is O=C(/C=C/c1ccccc1)N[C@@H](NC(=S)Nc1cccc(C(=O)[O-])c1)C(Cl)(Cl)Cl. The van der Waals surface area contributed by atoms with Crippen molar-refractivity contribution in [3.05, 3.63) is 71.8 Å². The van der Waals surface area contributed by atoms with Gasteiger partial charge in [-0.15, -0.1) is 0 Å². The van der Waals surface area contributed by atoms with E-state index in [-0.39, 0.29) is 10.7 Å². The molecule has 0 aromatic heterocycles. The van der Waals surface area contributed by atoms with Gasteiger partial charge >= 0.3 is 0 Å². The van der Waals surface area contributed by atoms with Crippen LogP contribution < -0.4 is 21.1 Å². The highest BCUT2D eigenvalue weighted by atomic mass is 35.6. The van der Waals surface area contributed by atoms with Gasteiger partial charge in [-0.3, -0.25) is 4.79 Å². The van der Waals surface area contributed by atoms with Gasteiger partial charge in [0.2, 0.25) is 9.70 Å². The highest BCUT2D eigenvalue weighted by molar-refractivity contribution is 7.80. The fourth-order valence-electron chi connectivity index (χ4n) is 2.15. The van der Waals surface area contributed by atoms with Crippen molar-refractivity contribution in [1.29, 1.82) is 0 Å². The van der Waals surface area contributed by atoms with Crippen LogP contribution in [0.3, 0.4) is 0 Å².